The van der Waals surface area contributed by atoms with Crippen molar-refractivity contribution in [1.82, 2.24) is 5.32 Å². The summed E-state index contributed by atoms with van der Waals surface area (Å²) in [6.45, 7) is 1.60. The molecule has 0 amide bonds. The number of benzene rings is 3. The molecule has 0 spiro atoms. The maximum Gasteiger partial charge on any atom is 0.125 e. The number of rotatable bonds is 8. The molecule has 3 unspecified atom stereocenters. The zero-order valence-corrected chi connectivity index (χ0v) is 18.0. The zero-order chi connectivity index (χ0) is 21.7. The van der Waals surface area contributed by atoms with Crippen LogP contribution in [0.25, 0.3) is 0 Å². The van der Waals surface area contributed by atoms with Crippen molar-refractivity contribution in [3.8, 4) is 11.5 Å². The summed E-state index contributed by atoms with van der Waals surface area (Å²) in [6, 6.07) is 26.0. The molecular weight excluding hydrogens is 390 g/mol. The summed E-state index contributed by atoms with van der Waals surface area (Å²) >= 11 is 0. The van der Waals surface area contributed by atoms with Gasteiger partial charge in [-0.15, -0.1) is 0 Å². The van der Waals surface area contributed by atoms with Crippen LogP contribution in [-0.4, -0.2) is 38.5 Å². The topological polar surface area (TPSA) is 60.0 Å². The minimum Gasteiger partial charge on any atom is -0.497 e. The van der Waals surface area contributed by atoms with Crippen LogP contribution in [0.3, 0.4) is 0 Å². The van der Waals surface area contributed by atoms with Crippen LogP contribution in [0.5, 0.6) is 11.5 Å². The molecule has 31 heavy (non-hydrogen) atoms. The highest BCUT2D eigenvalue weighted by Crippen LogP contribution is 2.44. The second kappa shape index (κ2) is 9.52. The van der Waals surface area contributed by atoms with E-state index in [1.54, 1.807) is 14.2 Å². The Morgan fingerprint density at radius 1 is 0.806 bits per heavy atom. The van der Waals surface area contributed by atoms with Gasteiger partial charge in [0.1, 0.15) is 17.1 Å². The van der Waals surface area contributed by atoms with Crippen molar-refractivity contribution in [2.24, 2.45) is 5.92 Å². The van der Waals surface area contributed by atoms with Crippen molar-refractivity contribution >= 4 is 0 Å². The summed E-state index contributed by atoms with van der Waals surface area (Å²) in [6.07, 6.45) is -0.529. The Bertz CT molecular complexity index is 959. The first-order valence-corrected chi connectivity index (χ1v) is 10.5. The van der Waals surface area contributed by atoms with Gasteiger partial charge in [-0.2, -0.15) is 0 Å². The third kappa shape index (κ3) is 4.30. The molecule has 4 rings (SSSR count). The molecule has 5 heteroatoms. The van der Waals surface area contributed by atoms with Crippen molar-refractivity contribution in [2.75, 3.05) is 27.3 Å². The van der Waals surface area contributed by atoms with Crippen LogP contribution in [0.4, 0.5) is 0 Å². The van der Waals surface area contributed by atoms with E-state index in [4.69, 9.17) is 14.2 Å². The molecule has 0 aromatic heterocycles. The number of methoxy groups -OCH3 is 2. The minimum absolute atomic E-state index is 0.151. The van der Waals surface area contributed by atoms with Gasteiger partial charge in [-0.25, -0.2) is 0 Å². The molecule has 1 aliphatic heterocycles. The molecule has 0 aliphatic carbocycles. The summed E-state index contributed by atoms with van der Waals surface area (Å²) in [7, 11) is 3.31. The number of aliphatic hydroxyl groups excluding tert-OH is 1. The molecule has 5 nitrogen and oxygen atoms in total. The van der Waals surface area contributed by atoms with Gasteiger partial charge < -0.3 is 24.6 Å². The average Bonchev–Trinajstić information content (AvgIpc) is 3.27. The zero-order valence-electron chi connectivity index (χ0n) is 18.0. The summed E-state index contributed by atoms with van der Waals surface area (Å²) in [5.74, 6) is 1.44. The molecule has 1 heterocycles. The molecule has 0 bridgehead atoms. The standard InChI is InChI=1S/C26H29NO4/c1-29-22-12-8-19(9-13-22)18-31-26(20-6-4-3-5-7-20,24-16-27-17-25(24)28)21-10-14-23(30-2)15-11-21/h3-15,24-25,27-28H,16-18H2,1-2H3. The van der Waals surface area contributed by atoms with E-state index in [0.29, 0.717) is 19.7 Å². The quantitative estimate of drug-likeness (QED) is 0.582. The lowest BCUT2D eigenvalue weighted by Crippen LogP contribution is -2.45. The molecule has 0 radical (unpaired) electrons. The lowest BCUT2D eigenvalue weighted by molar-refractivity contribution is -0.0934. The van der Waals surface area contributed by atoms with E-state index in [0.717, 1.165) is 28.2 Å². The number of ether oxygens (including phenoxy) is 3. The Hall–Kier alpha value is -2.86. The molecule has 1 aliphatic rings. The van der Waals surface area contributed by atoms with E-state index in [-0.39, 0.29) is 5.92 Å². The van der Waals surface area contributed by atoms with Crippen molar-refractivity contribution in [2.45, 2.75) is 18.3 Å². The Morgan fingerprint density at radius 3 is 1.94 bits per heavy atom. The normalized spacial score (nSPS) is 20.2. The molecular formula is C26H29NO4. The monoisotopic (exact) mass is 419 g/mol. The van der Waals surface area contributed by atoms with E-state index in [9.17, 15) is 5.11 Å². The number of hydrogen-bond donors (Lipinski definition) is 2. The van der Waals surface area contributed by atoms with Crippen molar-refractivity contribution in [3.05, 3.63) is 95.6 Å². The van der Waals surface area contributed by atoms with Crippen molar-refractivity contribution in [1.29, 1.82) is 0 Å². The third-order valence-corrected chi connectivity index (χ3v) is 6.05. The van der Waals surface area contributed by atoms with Gasteiger partial charge in [-0.1, -0.05) is 54.6 Å². The van der Waals surface area contributed by atoms with Crippen LogP contribution in [0.2, 0.25) is 0 Å². The Labute approximate surface area is 183 Å². The third-order valence-electron chi connectivity index (χ3n) is 6.05. The first-order chi connectivity index (χ1) is 15.2. The van der Waals surface area contributed by atoms with E-state index < -0.39 is 11.7 Å². The Balaban J connectivity index is 1.79. The fourth-order valence-electron chi connectivity index (χ4n) is 4.39. The highest BCUT2D eigenvalue weighted by atomic mass is 16.5. The largest absolute Gasteiger partial charge is 0.497 e. The summed E-state index contributed by atoms with van der Waals surface area (Å²) in [5, 5.41) is 14.3. The maximum absolute atomic E-state index is 10.9. The highest BCUT2D eigenvalue weighted by Gasteiger charge is 2.48. The molecule has 2 N–H and O–H groups in total. The van der Waals surface area contributed by atoms with E-state index in [2.05, 4.69) is 17.4 Å². The molecule has 0 saturated carbocycles. The molecule has 1 fully saturated rings. The van der Waals surface area contributed by atoms with Crippen LogP contribution in [0, 0.1) is 5.92 Å². The summed E-state index contributed by atoms with van der Waals surface area (Å²) in [4.78, 5) is 0. The molecule has 162 valence electrons. The van der Waals surface area contributed by atoms with E-state index in [1.807, 2.05) is 66.7 Å². The van der Waals surface area contributed by atoms with Gasteiger partial charge in [-0.05, 0) is 41.0 Å². The minimum atomic E-state index is -0.823. The predicted octanol–water partition coefficient (Wildman–Crippen LogP) is 3.74. The Kier molecular flexibility index (Phi) is 6.56. The molecule has 1 saturated heterocycles. The molecule has 3 atom stereocenters. The molecule has 3 aromatic carbocycles. The van der Waals surface area contributed by atoms with Gasteiger partial charge in [0, 0.05) is 19.0 Å². The fourth-order valence-corrected chi connectivity index (χ4v) is 4.39. The van der Waals surface area contributed by atoms with Crippen LogP contribution in [0.15, 0.2) is 78.9 Å². The van der Waals surface area contributed by atoms with Gasteiger partial charge in [0.15, 0.2) is 0 Å². The number of nitrogens with one attached hydrogen (secondary N) is 1. The average molecular weight is 420 g/mol. The number of β-amino-alcohol motifs (C(OH)–C–C–N with tert-alkyl or cyclic N) is 1. The van der Waals surface area contributed by atoms with Gasteiger partial charge in [0.2, 0.25) is 0 Å². The van der Waals surface area contributed by atoms with Gasteiger partial charge in [-0.3, -0.25) is 0 Å². The second-order valence-corrected chi connectivity index (χ2v) is 7.80. The van der Waals surface area contributed by atoms with Gasteiger partial charge >= 0.3 is 0 Å². The summed E-state index contributed by atoms with van der Waals surface area (Å²) < 4.78 is 17.5. The first kappa shape index (κ1) is 21.4. The molecule has 3 aromatic rings. The Morgan fingerprint density at radius 2 is 1.39 bits per heavy atom. The smallest absolute Gasteiger partial charge is 0.125 e. The van der Waals surface area contributed by atoms with E-state index >= 15 is 0 Å². The van der Waals surface area contributed by atoms with Crippen LogP contribution in [-0.2, 0) is 16.9 Å². The van der Waals surface area contributed by atoms with Crippen LogP contribution in [0.1, 0.15) is 16.7 Å². The van der Waals surface area contributed by atoms with Crippen LogP contribution >= 0.6 is 0 Å². The second-order valence-electron chi connectivity index (χ2n) is 7.80. The predicted molar refractivity (Wildman–Crippen MR) is 120 cm³/mol. The van der Waals surface area contributed by atoms with Gasteiger partial charge in [0.25, 0.3) is 0 Å². The fraction of sp³-hybridized carbons (Fsp3) is 0.308. The SMILES string of the molecule is COc1ccc(COC(c2ccccc2)(c2ccc(OC)cc2)C2CNCC2O)cc1. The maximum atomic E-state index is 10.9. The van der Waals surface area contributed by atoms with Crippen LogP contribution < -0.4 is 14.8 Å². The van der Waals surface area contributed by atoms with Gasteiger partial charge in [0.05, 0.1) is 26.9 Å². The van der Waals surface area contributed by atoms with E-state index in [1.165, 1.54) is 0 Å². The summed E-state index contributed by atoms with van der Waals surface area (Å²) in [5.41, 5.74) is 2.22. The number of aliphatic hydroxyl groups is 1. The number of hydrogen-bond acceptors (Lipinski definition) is 5. The highest BCUT2D eigenvalue weighted by molar-refractivity contribution is 5.41. The lowest BCUT2D eigenvalue weighted by Gasteiger charge is -2.41. The first-order valence-electron chi connectivity index (χ1n) is 10.5. The lowest BCUT2D eigenvalue weighted by atomic mass is 9.74. The van der Waals surface area contributed by atoms with Crippen molar-refractivity contribution in [3.63, 3.8) is 0 Å². The van der Waals surface area contributed by atoms with Crippen molar-refractivity contribution < 1.29 is 19.3 Å².